The predicted molar refractivity (Wildman–Crippen MR) is 78.0 cm³/mol. The van der Waals surface area contributed by atoms with Crippen LogP contribution >= 0.6 is 11.3 Å². The van der Waals surface area contributed by atoms with E-state index in [-0.39, 0.29) is 10.6 Å². The van der Waals surface area contributed by atoms with Gasteiger partial charge in [-0.25, -0.2) is 9.59 Å². The van der Waals surface area contributed by atoms with E-state index in [4.69, 9.17) is 9.84 Å². The molecular formula is C13H18N2O5S. The molecule has 1 aromatic heterocycles. The third-order valence-corrected chi connectivity index (χ3v) is 3.79. The Morgan fingerprint density at radius 1 is 1.38 bits per heavy atom. The first-order valence-corrected chi connectivity index (χ1v) is 7.32. The Kier molecular flexibility index (Phi) is 6.16. The SMILES string of the molecule is CCNC(=O)NC(=O)C(C)Oc1cc(CC)sc1C(=O)O. The Bertz CT molecular complexity index is 541. The fraction of sp³-hybridized carbons (Fsp3) is 0.462. The molecule has 7 nitrogen and oxygen atoms in total. The molecule has 0 radical (unpaired) electrons. The maximum absolute atomic E-state index is 11.7. The van der Waals surface area contributed by atoms with Crippen LogP contribution in [0.1, 0.15) is 35.3 Å². The number of rotatable bonds is 6. The number of aryl methyl sites for hydroxylation is 1. The van der Waals surface area contributed by atoms with Crippen molar-refractivity contribution in [1.82, 2.24) is 10.6 Å². The topological polar surface area (TPSA) is 105 Å². The molecule has 8 heteroatoms. The minimum atomic E-state index is -1.11. The first-order chi connectivity index (χ1) is 9.88. The lowest BCUT2D eigenvalue weighted by atomic mass is 10.3. The summed E-state index contributed by atoms with van der Waals surface area (Å²) >= 11 is 1.11. The maximum atomic E-state index is 11.7. The second kappa shape index (κ2) is 7.63. The van der Waals surface area contributed by atoms with Crippen LogP contribution in [-0.2, 0) is 11.2 Å². The fourth-order valence-electron chi connectivity index (χ4n) is 1.50. The Balaban J connectivity index is 2.76. The highest BCUT2D eigenvalue weighted by molar-refractivity contribution is 7.14. The van der Waals surface area contributed by atoms with Crippen molar-refractivity contribution in [3.05, 3.63) is 15.8 Å². The molecular weight excluding hydrogens is 296 g/mol. The molecule has 0 aliphatic rings. The van der Waals surface area contributed by atoms with Gasteiger partial charge in [0.1, 0.15) is 5.75 Å². The highest BCUT2D eigenvalue weighted by Crippen LogP contribution is 2.30. The number of urea groups is 1. The summed E-state index contributed by atoms with van der Waals surface area (Å²) in [7, 11) is 0. The Morgan fingerprint density at radius 3 is 2.57 bits per heavy atom. The third-order valence-electron chi connectivity index (χ3n) is 2.54. The maximum Gasteiger partial charge on any atom is 0.349 e. The molecule has 0 aromatic carbocycles. The number of carbonyl (C=O) groups is 3. The predicted octanol–water partition coefficient (Wildman–Crippen LogP) is 1.62. The number of hydrogen-bond acceptors (Lipinski definition) is 5. The van der Waals surface area contributed by atoms with Gasteiger partial charge in [-0.15, -0.1) is 11.3 Å². The van der Waals surface area contributed by atoms with E-state index in [1.54, 1.807) is 13.0 Å². The van der Waals surface area contributed by atoms with Gasteiger partial charge in [0.05, 0.1) is 0 Å². The zero-order valence-electron chi connectivity index (χ0n) is 12.1. The number of aromatic carboxylic acids is 1. The average Bonchev–Trinajstić information content (AvgIpc) is 2.82. The molecule has 0 aliphatic heterocycles. The van der Waals surface area contributed by atoms with Crippen LogP contribution in [0.25, 0.3) is 0 Å². The van der Waals surface area contributed by atoms with E-state index >= 15 is 0 Å². The zero-order valence-corrected chi connectivity index (χ0v) is 12.9. The summed E-state index contributed by atoms with van der Waals surface area (Å²) in [6, 6.07) is 0.986. The fourth-order valence-corrected chi connectivity index (χ4v) is 2.36. The van der Waals surface area contributed by atoms with E-state index in [0.717, 1.165) is 16.2 Å². The molecule has 0 fully saturated rings. The molecule has 0 saturated heterocycles. The standard InChI is InChI=1S/C13H18N2O5S/c1-4-8-6-9(10(21-8)12(17)18)20-7(3)11(16)15-13(19)14-5-2/h6-7H,4-5H2,1-3H3,(H,17,18)(H2,14,15,16,19). The van der Waals surface area contributed by atoms with Gasteiger partial charge >= 0.3 is 12.0 Å². The van der Waals surface area contributed by atoms with Gasteiger partial charge in [-0.3, -0.25) is 10.1 Å². The zero-order chi connectivity index (χ0) is 16.0. The minimum Gasteiger partial charge on any atom is -0.479 e. The van der Waals surface area contributed by atoms with Crippen molar-refractivity contribution in [3.8, 4) is 5.75 Å². The van der Waals surface area contributed by atoms with Crippen LogP contribution in [0.4, 0.5) is 4.79 Å². The molecule has 0 saturated carbocycles. The lowest BCUT2D eigenvalue weighted by molar-refractivity contribution is -0.126. The molecule has 3 N–H and O–H groups in total. The first kappa shape index (κ1) is 17.0. The molecule has 1 unspecified atom stereocenters. The van der Waals surface area contributed by atoms with E-state index in [1.165, 1.54) is 6.92 Å². The highest BCUT2D eigenvalue weighted by Gasteiger charge is 2.22. The minimum absolute atomic E-state index is 0.0458. The van der Waals surface area contributed by atoms with Gasteiger partial charge in [-0.05, 0) is 26.3 Å². The Morgan fingerprint density at radius 2 is 2.05 bits per heavy atom. The number of imide groups is 1. The molecule has 116 valence electrons. The van der Waals surface area contributed by atoms with E-state index < -0.39 is 24.0 Å². The van der Waals surface area contributed by atoms with Crippen molar-refractivity contribution >= 4 is 29.2 Å². The number of carbonyl (C=O) groups excluding carboxylic acids is 2. The largest absolute Gasteiger partial charge is 0.479 e. The molecule has 0 spiro atoms. The van der Waals surface area contributed by atoms with Gasteiger partial charge in [-0.2, -0.15) is 0 Å². The summed E-state index contributed by atoms with van der Waals surface area (Å²) in [4.78, 5) is 35.0. The normalized spacial score (nSPS) is 11.6. The van der Waals surface area contributed by atoms with Gasteiger partial charge < -0.3 is 15.2 Å². The van der Waals surface area contributed by atoms with Crippen LogP contribution in [0, 0.1) is 0 Å². The third kappa shape index (κ3) is 4.75. The van der Waals surface area contributed by atoms with Crippen molar-refractivity contribution in [2.24, 2.45) is 0 Å². The van der Waals surface area contributed by atoms with Gasteiger partial charge in [0, 0.05) is 11.4 Å². The van der Waals surface area contributed by atoms with Gasteiger partial charge in [0.2, 0.25) is 0 Å². The number of ether oxygens (including phenoxy) is 1. The van der Waals surface area contributed by atoms with E-state index in [1.807, 2.05) is 6.92 Å². The molecule has 0 aliphatic carbocycles. The van der Waals surface area contributed by atoms with Crippen LogP contribution in [-0.4, -0.2) is 35.7 Å². The number of carboxylic acid groups (broad SMARTS) is 1. The van der Waals surface area contributed by atoms with Gasteiger partial charge in [-0.1, -0.05) is 6.92 Å². The summed E-state index contributed by atoms with van der Waals surface area (Å²) in [6.07, 6.45) is -0.307. The lowest BCUT2D eigenvalue weighted by Gasteiger charge is -2.13. The molecule has 1 aromatic rings. The van der Waals surface area contributed by atoms with E-state index in [9.17, 15) is 14.4 Å². The summed E-state index contributed by atoms with van der Waals surface area (Å²) in [5.41, 5.74) is 0. The van der Waals surface area contributed by atoms with Crippen LogP contribution in [0.15, 0.2) is 6.07 Å². The van der Waals surface area contributed by atoms with Crippen molar-refractivity contribution in [3.63, 3.8) is 0 Å². The Hall–Kier alpha value is -2.09. The second-order valence-electron chi connectivity index (χ2n) is 4.17. The molecule has 1 rings (SSSR count). The van der Waals surface area contributed by atoms with Crippen molar-refractivity contribution < 1.29 is 24.2 Å². The summed E-state index contributed by atoms with van der Waals surface area (Å²) < 4.78 is 5.37. The summed E-state index contributed by atoms with van der Waals surface area (Å²) in [6.45, 7) is 5.46. The second-order valence-corrected chi connectivity index (χ2v) is 5.31. The van der Waals surface area contributed by atoms with Crippen molar-refractivity contribution in [2.45, 2.75) is 33.3 Å². The number of nitrogens with one attached hydrogen (secondary N) is 2. The monoisotopic (exact) mass is 314 g/mol. The molecule has 0 bridgehead atoms. The summed E-state index contributed by atoms with van der Waals surface area (Å²) in [5, 5.41) is 13.6. The van der Waals surface area contributed by atoms with Gasteiger partial charge in [0.25, 0.3) is 5.91 Å². The number of carboxylic acids is 1. The van der Waals surface area contributed by atoms with Crippen LogP contribution in [0.5, 0.6) is 5.75 Å². The molecule has 1 atom stereocenters. The lowest BCUT2D eigenvalue weighted by Crippen LogP contribution is -2.45. The van der Waals surface area contributed by atoms with Gasteiger partial charge in [0.15, 0.2) is 11.0 Å². The van der Waals surface area contributed by atoms with E-state index in [0.29, 0.717) is 13.0 Å². The average molecular weight is 314 g/mol. The van der Waals surface area contributed by atoms with E-state index in [2.05, 4.69) is 10.6 Å². The summed E-state index contributed by atoms with van der Waals surface area (Å²) in [5.74, 6) is -1.60. The van der Waals surface area contributed by atoms with Crippen LogP contribution < -0.4 is 15.4 Å². The number of thiophene rings is 1. The van der Waals surface area contributed by atoms with Crippen molar-refractivity contribution in [2.75, 3.05) is 6.54 Å². The molecule has 21 heavy (non-hydrogen) atoms. The highest BCUT2D eigenvalue weighted by atomic mass is 32.1. The Labute approximate surface area is 126 Å². The van der Waals surface area contributed by atoms with Crippen LogP contribution in [0.2, 0.25) is 0 Å². The molecule has 3 amide bonds. The first-order valence-electron chi connectivity index (χ1n) is 6.50. The van der Waals surface area contributed by atoms with Crippen molar-refractivity contribution in [1.29, 1.82) is 0 Å². The number of hydrogen-bond donors (Lipinski definition) is 3. The van der Waals surface area contributed by atoms with Crippen LogP contribution in [0.3, 0.4) is 0 Å². The smallest absolute Gasteiger partial charge is 0.349 e. The quantitative estimate of drug-likeness (QED) is 0.740. The molecule has 1 heterocycles. The number of amides is 3.